The van der Waals surface area contributed by atoms with Gasteiger partial charge in [-0.05, 0) is 23.8 Å². The molecule has 0 saturated carbocycles. The Labute approximate surface area is 111 Å². The molecule has 0 atom stereocenters. The number of ether oxygens (including phenoxy) is 1. The monoisotopic (exact) mass is 285 g/mol. The van der Waals surface area contributed by atoms with E-state index in [0.29, 0.717) is 6.07 Å². The molecule has 0 fully saturated rings. The van der Waals surface area contributed by atoms with Crippen LogP contribution in [0.3, 0.4) is 0 Å². The maximum atomic E-state index is 13.0. The smallest absolute Gasteiger partial charge is 0.417 e. The number of alkyl halides is 3. The zero-order valence-electron chi connectivity index (χ0n) is 10.3. The highest BCUT2D eigenvalue weighted by Gasteiger charge is 2.35. The summed E-state index contributed by atoms with van der Waals surface area (Å²) >= 11 is 0. The van der Waals surface area contributed by atoms with Gasteiger partial charge in [-0.3, -0.25) is 0 Å². The van der Waals surface area contributed by atoms with Crippen LogP contribution >= 0.6 is 0 Å². The predicted octanol–water partition coefficient (Wildman–Crippen LogP) is 3.33. The van der Waals surface area contributed by atoms with Gasteiger partial charge in [-0.25, -0.2) is 4.79 Å². The topological polar surface area (TPSA) is 65.5 Å². The number of nitrogen functional groups attached to an aromatic ring is 1. The van der Waals surface area contributed by atoms with Crippen LogP contribution in [-0.2, 0) is 10.9 Å². The Bertz CT molecular complexity index is 633. The van der Waals surface area contributed by atoms with Crippen LogP contribution < -0.4 is 5.73 Å². The fraction of sp³-hybridized carbons (Fsp3) is 0.154. The van der Waals surface area contributed by atoms with Crippen LogP contribution in [0.5, 0.6) is 0 Å². The molecule has 0 saturated heterocycles. The van der Waals surface area contributed by atoms with Gasteiger partial charge in [0, 0.05) is 11.3 Å². The molecule has 1 aromatic heterocycles. The number of esters is 1. The van der Waals surface area contributed by atoms with Gasteiger partial charge in [-0.2, -0.15) is 13.2 Å². The first-order valence-corrected chi connectivity index (χ1v) is 5.46. The van der Waals surface area contributed by atoms with E-state index in [9.17, 15) is 18.0 Å². The Balaban J connectivity index is 2.71. The lowest BCUT2D eigenvalue weighted by molar-refractivity contribution is -0.137. The first-order valence-electron chi connectivity index (χ1n) is 5.46. The van der Waals surface area contributed by atoms with E-state index in [-0.39, 0.29) is 22.4 Å². The second-order valence-electron chi connectivity index (χ2n) is 3.99. The predicted molar refractivity (Wildman–Crippen MR) is 64.9 cm³/mol. The number of carbonyl (C=O) groups excluding carboxylic acids is 1. The molecule has 106 valence electrons. The van der Waals surface area contributed by atoms with E-state index in [1.807, 2.05) is 0 Å². The van der Waals surface area contributed by atoms with Crippen LogP contribution in [0.4, 0.5) is 18.9 Å². The molecular formula is C13H10F3NO3. The second kappa shape index (κ2) is 4.92. The number of furan rings is 1. The van der Waals surface area contributed by atoms with Gasteiger partial charge in [-0.1, -0.05) is 0 Å². The SMILES string of the molecule is COC(=O)c1cc(-c2ccoc2)c(C(F)(F)F)cc1N. The van der Waals surface area contributed by atoms with Crippen molar-refractivity contribution in [1.82, 2.24) is 0 Å². The maximum Gasteiger partial charge on any atom is 0.417 e. The molecule has 2 N–H and O–H groups in total. The molecule has 0 aliphatic rings. The van der Waals surface area contributed by atoms with Crippen molar-refractivity contribution in [3.63, 3.8) is 0 Å². The molecule has 2 aromatic rings. The number of rotatable bonds is 2. The summed E-state index contributed by atoms with van der Waals surface area (Å²) in [6.45, 7) is 0. The van der Waals surface area contributed by atoms with Gasteiger partial charge in [0.05, 0.1) is 30.8 Å². The third kappa shape index (κ3) is 2.47. The normalized spacial score (nSPS) is 11.4. The quantitative estimate of drug-likeness (QED) is 0.679. The number of carbonyl (C=O) groups is 1. The van der Waals surface area contributed by atoms with E-state index in [1.54, 1.807) is 0 Å². The highest BCUT2D eigenvalue weighted by Crippen LogP contribution is 2.39. The summed E-state index contributed by atoms with van der Waals surface area (Å²) in [5.41, 5.74) is 4.13. The van der Waals surface area contributed by atoms with Crippen molar-refractivity contribution in [3.05, 3.63) is 41.9 Å². The third-order valence-corrected chi connectivity index (χ3v) is 2.73. The Hall–Kier alpha value is -2.44. The van der Waals surface area contributed by atoms with Crippen molar-refractivity contribution < 1.29 is 27.1 Å². The van der Waals surface area contributed by atoms with Gasteiger partial charge in [-0.15, -0.1) is 0 Å². The van der Waals surface area contributed by atoms with E-state index in [4.69, 9.17) is 10.2 Å². The molecule has 0 aliphatic carbocycles. The fourth-order valence-electron chi connectivity index (χ4n) is 1.79. The molecule has 0 aliphatic heterocycles. The molecule has 2 rings (SSSR count). The van der Waals surface area contributed by atoms with E-state index in [2.05, 4.69) is 4.74 Å². The standard InChI is InChI=1S/C13H10F3NO3/c1-19-12(18)9-4-8(7-2-3-20-6-7)10(5-11(9)17)13(14,15)16/h2-6H,17H2,1H3. The van der Waals surface area contributed by atoms with Gasteiger partial charge >= 0.3 is 12.1 Å². The first kappa shape index (κ1) is 14.0. The van der Waals surface area contributed by atoms with Crippen molar-refractivity contribution >= 4 is 11.7 Å². The number of nitrogens with two attached hydrogens (primary N) is 1. The van der Waals surface area contributed by atoms with Crippen LogP contribution in [0.25, 0.3) is 11.1 Å². The van der Waals surface area contributed by atoms with Gasteiger partial charge < -0.3 is 14.9 Å². The van der Waals surface area contributed by atoms with E-state index >= 15 is 0 Å². The zero-order valence-corrected chi connectivity index (χ0v) is 10.3. The van der Waals surface area contributed by atoms with E-state index < -0.39 is 17.7 Å². The lowest BCUT2D eigenvalue weighted by Gasteiger charge is -2.15. The Kier molecular flexibility index (Phi) is 3.44. The summed E-state index contributed by atoms with van der Waals surface area (Å²) < 4.78 is 48.4. The van der Waals surface area contributed by atoms with Gasteiger partial charge in [0.25, 0.3) is 0 Å². The van der Waals surface area contributed by atoms with Crippen LogP contribution in [0.1, 0.15) is 15.9 Å². The summed E-state index contributed by atoms with van der Waals surface area (Å²) in [6.07, 6.45) is -2.21. The molecule has 0 bridgehead atoms. The second-order valence-corrected chi connectivity index (χ2v) is 3.99. The van der Waals surface area contributed by atoms with Crippen LogP contribution in [0.2, 0.25) is 0 Å². The lowest BCUT2D eigenvalue weighted by atomic mass is 9.97. The van der Waals surface area contributed by atoms with Crippen molar-refractivity contribution in [1.29, 1.82) is 0 Å². The summed E-state index contributed by atoms with van der Waals surface area (Å²) in [7, 11) is 1.12. The molecule has 20 heavy (non-hydrogen) atoms. The minimum absolute atomic E-state index is 0.128. The maximum absolute atomic E-state index is 13.0. The number of hydrogen-bond donors (Lipinski definition) is 1. The Morgan fingerprint density at radius 3 is 2.55 bits per heavy atom. The van der Waals surface area contributed by atoms with Gasteiger partial charge in [0.15, 0.2) is 0 Å². The third-order valence-electron chi connectivity index (χ3n) is 2.73. The molecule has 0 radical (unpaired) electrons. The zero-order chi connectivity index (χ0) is 14.9. The van der Waals surface area contributed by atoms with Gasteiger partial charge in [0.2, 0.25) is 0 Å². The van der Waals surface area contributed by atoms with Crippen molar-refractivity contribution in [2.24, 2.45) is 0 Å². The average Bonchev–Trinajstić information content (AvgIpc) is 2.90. The summed E-state index contributed by atoms with van der Waals surface area (Å²) in [5, 5.41) is 0. The summed E-state index contributed by atoms with van der Waals surface area (Å²) in [4.78, 5) is 11.5. The lowest BCUT2D eigenvalue weighted by Crippen LogP contribution is -2.12. The first-order chi connectivity index (χ1) is 9.34. The summed E-state index contributed by atoms with van der Waals surface area (Å²) in [6, 6.07) is 3.13. The Morgan fingerprint density at radius 1 is 1.35 bits per heavy atom. The molecule has 1 heterocycles. The van der Waals surface area contributed by atoms with Crippen LogP contribution in [0.15, 0.2) is 35.1 Å². The summed E-state index contributed by atoms with van der Waals surface area (Å²) in [5.74, 6) is -0.805. The van der Waals surface area contributed by atoms with E-state index in [0.717, 1.165) is 19.4 Å². The number of hydrogen-bond acceptors (Lipinski definition) is 4. The van der Waals surface area contributed by atoms with Crippen molar-refractivity contribution in [3.8, 4) is 11.1 Å². The average molecular weight is 285 g/mol. The highest BCUT2D eigenvalue weighted by molar-refractivity contribution is 5.97. The minimum Gasteiger partial charge on any atom is -0.472 e. The Morgan fingerprint density at radius 2 is 2.05 bits per heavy atom. The molecule has 1 aromatic carbocycles. The number of anilines is 1. The number of benzene rings is 1. The molecule has 0 unspecified atom stereocenters. The molecule has 0 amide bonds. The fourth-order valence-corrected chi connectivity index (χ4v) is 1.79. The largest absolute Gasteiger partial charge is 0.472 e. The van der Waals surface area contributed by atoms with Gasteiger partial charge in [0.1, 0.15) is 0 Å². The number of halogens is 3. The van der Waals surface area contributed by atoms with Crippen LogP contribution in [-0.4, -0.2) is 13.1 Å². The molecular weight excluding hydrogens is 275 g/mol. The number of methoxy groups -OCH3 is 1. The molecule has 4 nitrogen and oxygen atoms in total. The minimum atomic E-state index is -4.60. The van der Waals surface area contributed by atoms with Crippen molar-refractivity contribution in [2.75, 3.05) is 12.8 Å². The molecule has 0 spiro atoms. The van der Waals surface area contributed by atoms with Crippen LogP contribution in [0, 0.1) is 0 Å². The highest BCUT2D eigenvalue weighted by atomic mass is 19.4. The van der Waals surface area contributed by atoms with E-state index in [1.165, 1.54) is 12.3 Å². The molecule has 7 heteroatoms. The van der Waals surface area contributed by atoms with Crippen molar-refractivity contribution in [2.45, 2.75) is 6.18 Å².